The third-order valence-electron chi connectivity index (χ3n) is 7.96. The van der Waals surface area contributed by atoms with Crippen LogP contribution in [0.3, 0.4) is 0 Å². The Bertz CT molecular complexity index is 1270. The zero-order valence-corrected chi connectivity index (χ0v) is 21.9. The summed E-state index contributed by atoms with van der Waals surface area (Å²) in [6.45, 7) is 4.02. The number of likely N-dealkylation sites (tertiary alicyclic amines) is 1. The normalized spacial score (nSPS) is 20.4. The summed E-state index contributed by atoms with van der Waals surface area (Å²) in [7, 11) is 0. The number of hydrogen-bond acceptors (Lipinski definition) is 6. The average Bonchev–Trinajstić information content (AvgIpc) is 3.48. The highest BCUT2D eigenvalue weighted by Crippen LogP contribution is 2.29. The Kier molecular flexibility index (Phi) is 8.20. The van der Waals surface area contributed by atoms with Crippen LogP contribution in [0.1, 0.15) is 60.1 Å². The van der Waals surface area contributed by atoms with Gasteiger partial charge in [-0.3, -0.25) is 24.7 Å². The molecule has 2 aliphatic rings. The maximum Gasteiger partial charge on any atom is 0.251 e. The van der Waals surface area contributed by atoms with E-state index in [-0.39, 0.29) is 24.3 Å². The van der Waals surface area contributed by atoms with Gasteiger partial charge in [-0.25, -0.2) is 5.48 Å². The number of benzene rings is 2. The minimum atomic E-state index is -0.415. The lowest BCUT2D eigenvalue weighted by Gasteiger charge is -2.41. The van der Waals surface area contributed by atoms with Gasteiger partial charge in [0.2, 0.25) is 5.91 Å². The number of hydroxylamine groups is 1. The first kappa shape index (κ1) is 26.1. The molecule has 38 heavy (non-hydrogen) atoms. The Balaban J connectivity index is 1.23. The lowest BCUT2D eigenvalue weighted by molar-refractivity contribution is -0.130. The Hall–Kier alpha value is -3.49. The van der Waals surface area contributed by atoms with Crippen LogP contribution in [-0.4, -0.2) is 52.1 Å². The van der Waals surface area contributed by atoms with Crippen LogP contribution in [0.5, 0.6) is 5.75 Å². The summed E-state index contributed by atoms with van der Waals surface area (Å²) in [6.07, 6.45) is 5.89. The second-order valence-electron chi connectivity index (χ2n) is 10.6. The van der Waals surface area contributed by atoms with Crippen LogP contribution >= 0.6 is 0 Å². The number of ether oxygens (including phenoxy) is 1. The van der Waals surface area contributed by atoms with Crippen LogP contribution in [0.25, 0.3) is 10.9 Å². The van der Waals surface area contributed by atoms with Crippen molar-refractivity contribution in [3.63, 3.8) is 0 Å². The first-order valence-corrected chi connectivity index (χ1v) is 13.6. The molecule has 1 aliphatic heterocycles. The van der Waals surface area contributed by atoms with Gasteiger partial charge in [0.15, 0.2) is 0 Å². The number of fused-ring (bicyclic) bond motifs is 1. The highest BCUT2D eigenvalue weighted by atomic mass is 16.5. The molecule has 1 aromatic heterocycles. The standard InChI is InChI=1S/C30H36N4O4/c1-20-16-23(26-8-4-5-9-27(26)31-20)19-38-25-12-10-21(11-13-25)30(36)32-28-18-34(24-6-2-3-7-24)15-14-22(28)17-29(35)33-37/h4-5,8-13,16,22,24,28,37H,2-3,6-7,14-15,17-19H2,1H3,(H,32,36)(H,33,35)/t22-,28+/m0/s1. The number of carbonyl (C=O) groups is 2. The van der Waals surface area contributed by atoms with Crippen molar-refractivity contribution < 1.29 is 19.5 Å². The van der Waals surface area contributed by atoms with Crippen molar-refractivity contribution in [3.05, 3.63) is 71.4 Å². The van der Waals surface area contributed by atoms with E-state index in [1.54, 1.807) is 17.6 Å². The SMILES string of the molecule is Cc1cc(COc2ccc(C(=O)N[C@@H]3CN(C4CCCC4)CC[C@H]3CC(=O)NO)cc2)c2ccccc2n1. The maximum atomic E-state index is 13.2. The summed E-state index contributed by atoms with van der Waals surface area (Å²) in [5.41, 5.74) is 5.25. The molecular formula is C30H36N4O4. The quantitative estimate of drug-likeness (QED) is 0.303. The van der Waals surface area contributed by atoms with Gasteiger partial charge in [-0.2, -0.15) is 0 Å². The summed E-state index contributed by atoms with van der Waals surface area (Å²) in [5, 5.41) is 13.3. The highest BCUT2D eigenvalue weighted by molar-refractivity contribution is 5.94. The van der Waals surface area contributed by atoms with Gasteiger partial charge in [0.25, 0.3) is 5.91 Å². The van der Waals surface area contributed by atoms with E-state index in [9.17, 15) is 9.59 Å². The molecule has 2 heterocycles. The first-order valence-electron chi connectivity index (χ1n) is 13.6. The van der Waals surface area contributed by atoms with Gasteiger partial charge in [-0.05, 0) is 75.0 Å². The van der Waals surface area contributed by atoms with Crippen LogP contribution < -0.4 is 15.5 Å². The van der Waals surface area contributed by atoms with Crippen molar-refractivity contribution in [2.24, 2.45) is 5.92 Å². The summed E-state index contributed by atoms with van der Waals surface area (Å²) < 4.78 is 6.05. The molecule has 1 aliphatic carbocycles. The lowest BCUT2D eigenvalue weighted by Crippen LogP contribution is -2.55. The number of pyridine rings is 1. The Morgan fingerprint density at radius 3 is 2.61 bits per heavy atom. The number of para-hydroxylation sites is 1. The number of amides is 2. The number of nitrogens with zero attached hydrogens (tertiary/aromatic N) is 2. The fraction of sp³-hybridized carbons (Fsp3) is 0.433. The van der Waals surface area contributed by atoms with Crippen LogP contribution in [0.15, 0.2) is 54.6 Å². The number of aryl methyl sites for hydroxylation is 1. The second kappa shape index (κ2) is 11.9. The number of carbonyl (C=O) groups excluding carboxylic acids is 2. The molecule has 2 fully saturated rings. The number of piperidine rings is 1. The zero-order chi connectivity index (χ0) is 26.5. The van der Waals surface area contributed by atoms with Gasteiger partial charge >= 0.3 is 0 Å². The van der Waals surface area contributed by atoms with Crippen molar-refractivity contribution >= 4 is 22.7 Å². The molecule has 0 unspecified atom stereocenters. The summed E-state index contributed by atoms with van der Waals surface area (Å²) >= 11 is 0. The molecule has 3 aromatic rings. The first-order chi connectivity index (χ1) is 18.5. The predicted molar refractivity (Wildman–Crippen MR) is 145 cm³/mol. The van der Waals surface area contributed by atoms with Crippen LogP contribution in [-0.2, 0) is 11.4 Å². The molecule has 0 radical (unpaired) electrons. The van der Waals surface area contributed by atoms with Crippen molar-refractivity contribution in [1.82, 2.24) is 20.7 Å². The molecule has 8 nitrogen and oxygen atoms in total. The van der Waals surface area contributed by atoms with Crippen molar-refractivity contribution in [3.8, 4) is 5.75 Å². The lowest BCUT2D eigenvalue weighted by atomic mass is 9.87. The van der Waals surface area contributed by atoms with Crippen molar-refractivity contribution in [2.75, 3.05) is 13.1 Å². The van der Waals surface area contributed by atoms with Gasteiger partial charge in [-0.1, -0.05) is 31.0 Å². The van der Waals surface area contributed by atoms with E-state index in [4.69, 9.17) is 9.94 Å². The van der Waals surface area contributed by atoms with Gasteiger partial charge in [-0.15, -0.1) is 0 Å². The minimum absolute atomic E-state index is 0.0231. The fourth-order valence-corrected chi connectivity index (χ4v) is 5.95. The van der Waals surface area contributed by atoms with Gasteiger partial charge in [0, 0.05) is 47.3 Å². The van der Waals surface area contributed by atoms with E-state index < -0.39 is 5.91 Å². The fourth-order valence-electron chi connectivity index (χ4n) is 5.95. The molecular weight excluding hydrogens is 480 g/mol. The molecule has 0 spiro atoms. The molecule has 1 saturated carbocycles. The summed E-state index contributed by atoms with van der Waals surface area (Å²) in [5.74, 6) is 0.0786. The Morgan fingerprint density at radius 1 is 1.08 bits per heavy atom. The molecule has 2 aromatic carbocycles. The van der Waals surface area contributed by atoms with Gasteiger partial charge in [0.05, 0.1) is 5.52 Å². The maximum absolute atomic E-state index is 13.2. The number of hydrogen-bond donors (Lipinski definition) is 3. The smallest absolute Gasteiger partial charge is 0.251 e. The van der Waals surface area contributed by atoms with Gasteiger partial charge < -0.3 is 10.1 Å². The number of rotatable bonds is 8. The average molecular weight is 517 g/mol. The van der Waals surface area contributed by atoms with Crippen LogP contribution in [0.2, 0.25) is 0 Å². The molecule has 200 valence electrons. The zero-order valence-electron chi connectivity index (χ0n) is 21.9. The van der Waals surface area contributed by atoms with E-state index in [0.717, 1.165) is 41.7 Å². The Labute approximate surface area is 223 Å². The molecule has 1 saturated heterocycles. The van der Waals surface area contributed by atoms with E-state index >= 15 is 0 Å². The van der Waals surface area contributed by atoms with Crippen molar-refractivity contribution in [1.29, 1.82) is 0 Å². The number of aromatic nitrogens is 1. The molecule has 5 rings (SSSR count). The second-order valence-corrected chi connectivity index (χ2v) is 10.6. The number of nitrogens with one attached hydrogen (secondary N) is 2. The van der Waals surface area contributed by atoms with Crippen molar-refractivity contribution in [2.45, 2.75) is 64.1 Å². The van der Waals surface area contributed by atoms with E-state index in [0.29, 0.717) is 24.0 Å². The largest absolute Gasteiger partial charge is 0.489 e. The van der Waals surface area contributed by atoms with Crippen LogP contribution in [0, 0.1) is 12.8 Å². The molecule has 8 heteroatoms. The predicted octanol–water partition coefficient (Wildman–Crippen LogP) is 4.38. The minimum Gasteiger partial charge on any atom is -0.489 e. The Morgan fingerprint density at radius 2 is 1.84 bits per heavy atom. The molecule has 2 amide bonds. The third-order valence-corrected chi connectivity index (χ3v) is 7.96. The molecule has 2 atom stereocenters. The third kappa shape index (κ3) is 6.14. The van der Waals surface area contributed by atoms with E-state index in [1.807, 2.05) is 49.4 Å². The molecule has 0 bridgehead atoms. The molecule has 3 N–H and O–H groups in total. The highest BCUT2D eigenvalue weighted by Gasteiger charge is 2.35. The monoisotopic (exact) mass is 516 g/mol. The topological polar surface area (TPSA) is 104 Å². The van der Waals surface area contributed by atoms with Gasteiger partial charge in [0.1, 0.15) is 12.4 Å². The summed E-state index contributed by atoms with van der Waals surface area (Å²) in [4.78, 5) is 32.1. The van der Waals surface area contributed by atoms with E-state index in [1.165, 1.54) is 25.7 Å². The van der Waals surface area contributed by atoms with E-state index in [2.05, 4.69) is 15.2 Å². The summed E-state index contributed by atoms with van der Waals surface area (Å²) in [6, 6.07) is 17.6. The van der Waals surface area contributed by atoms with Crippen LogP contribution in [0.4, 0.5) is 0 Å².